The zero-order chi connectivity index (χ0) is 12.3. The number of aromatic nitrogens is 1. The summed E-state index contributed by atoms with van der Waals surface area (Å²) in [4.78, 5) is 15.7. The number of hydrogen-bond acceptors (Lipinski definition) is 2. The molecule has 0 saturated carbocycles. The van der Waals surface area contributed by atoms with Gasteiger partial charge in [0.15, 0.2) is 5.78 Å². The third kappa shape index (κ3) is 3.20. The van der Waals surface area contributed by atoms with Crippen molar-refractivity contribution in [2.45, 2.75) is 6.42 Å². The van der Waals surface area contributed by atoms with Gasteiger partial charge in [0.1, 0.15) is 5.82 Å². The van der Waals surface area contributed by atoms with Gasteiger partial charge in [0, 0.05) is 28.9 Å². The number of nitrogens with zero attached hydrogens (tertiary/aromatic N) is 1. The Bertz CT molecular complexity index is 522. The summed E-state index contributed by atoms with van der Waals surface area (Å²) in [6.07, 6.45) is 3.31. The van der Waals surface area contributed by atoms with Gasteiger partial charge in [-0.25, -0.2) is 4.39 Å². The third-order valence-electron chi connectivity index (χ3n) is 2.29. The molecule has 2 rings (SSSR count). The van der Waals surface area contributed by atoms with Crippen molar-refractivity contribution in [1.82, 2.24) is 4.98 Å². The maximum Gasteiger partial charge on any atom is 0.167 e. The Morgan fingerprint density at radius 1 is 1.24 bits per heavy atom. The van der Waals surface area contributed by atoms with Gasteiger partial charge in [-0.05, 0) is 35.9 Å². The lowest BCUT2D eigenvalue weighted by molar-refractivity contribution is 0.0993. The van der Waals surface area contributed by atoms with Crippen molar-refractivity contribution in [2.24, 2.45) is 0 Å². The lowest BCUT2D eigenvalue weighted by Gasteiger charge is -2.02. The summed E-state index contributed by atoms with van der Waals surface area (Å²) >= 11 is 3.20. The van der Waals surface area contributed by atoms with Crippen LogP contribution in [0.4, 0.5) is 4.39 Å². The van der Waals surface area contributed by atoms with E-state index in [0.29, 0.717) is 15.6 Å². The summed E-state index contributed by atoms with van der Waals surface area (Å²) in [6, 6.07) is 7.76. The molecule has 2 aromatic rings. The minimum absolute atomic E-state index is 0.0510. The van der Waals surface area contributed by atoms with Crippen molar-refractivity contribution >= 4 is 21.7 Å². The molecule has 0 N–H and O–H groups in total. The van der Waals surface area contributed by atoms with E-state index in [2.05, 4.69) is 20.9 Å². The molecule has 0 saturated heterocycles. The lowest BCUT2D eigenvalue weighted by Crippen LogP contribution is -2.03. The summed E-state index contributed by atoms with van der Waals surface area (Å²) in [6.45, 7) is 0. The van der Waals surface area contributed by atoms with E-state index < -0.39 is 0 Å². The summed E-state index contributed by atoms with van der Waals surface area (Å²) in [5, 5.41) is 0. The molecule has 1 heterocycles. The molecule has 0 atom stereocenters. The van der Waals surface area contributed by atoms with Crippen LogP contribution in [-0.2, 0) is 6.42 Å². The molecule has 1 aromatic heterocycles. The molecule has 0 aliphatic carbocycles. The van der Waals surface area contributed by atoms with Crippen LogP contribution in [0.2, 0.25) is 0 Å². The van der Waals surface area contributed by atoms with Crippen LogP contribution < -0.4 is 0 Å². The Kier molecular flexibility index (Phi) is 3.64. The van der Waals surface area contributed by atoms with E-state index >= 15 is 0 Å². The van der Waals surface area contributed by atoms with Gasteiger partial charge < -0.3 is 0 Å². The second kappa shape index (κ2) is 5.19. The Balaban J connectivity index is 2.19. The van der Waals surface area contributed by atoms with Crippen LogP contribution in [0, 0.1) is 5.82 Å². The zero-order valence-electron chi connectivity index (χ0n) is 8.86. The van der Waals surface area contributed by atoms with Crippen molar-refractivity contribution in [1.29, 1.82) is 0 Å². The second-order valence-electron chi connectivity index (χ2n) is 3.61. The third-order valence-corrected chi connectivity index (χ3v) is 2.75. The van der Waals surface area contributed by atoms with E-state index in [0.717, 1.165) is 0 Å². The predicted octanol–water partition coefficient (Wildman–Crippen LogP) is 3.41. The summed E-state index contributed by atoms with van der Waals surface area (Å²) in [5.74, 6) is -0.401. The minimum Gasteiger partial charge on any atom is -0.294 e. The van der Waals surface area contributed by atoms with E-state index in [1.165, 1.54) is 12.1 Å². The highest BCUT2D eigenvalue weighted by molar-refractivity contribution is 9.10. The van der Waals surface area contributed by atoms with Gasteiger partial charge in [-0.3, -0.25) is 9.78 Å². The minimum atomic E-state index is -0.350. The molecular formula is C13H9BrFNO. The fourth-order valence-electron chi connectivity index (χ4n) is 1.54. The van der Waals surface area contributed by atoms with E-state index in [1.54, 1.807) is 30.6 Å². The normalized spacial score (nSPS) is 10.2. The second-order valence-corrected chi connectivity index (χ2v) is 4.53. The van der Waals surface area contributed by atoms with Crippen molar-refractivity contribution < 1.29 is 9.18 Å². The molecule has 0 bridgehead atoms. The number of carbonyl (C=O) groups excluding carboxylic acids is 1. The number of pyridine rings is 1. The largest absolute Gasteiger partial charge is 0.294 e. The van der Waals surface area contributed by atoms with Gasteiger partial charge in [0.25, 0.3) is 0 Å². The van der Waals surface area contributed by atoms with Crippen LogP contribution in [0.15, 0.2) is 47.2 Å². The summed E-state index contributed by atoms with van der Waals surface area (Å²) < 4.78 is 13.8. The van der Waals surface area contributed by atoms with Crippen molar-refractivity contribution in [3.05, 3.63) is 64.1 Å². The first kappa shape index (κ1) is 11.9. The molecular weight excluding hydrogens is 285 g/mol. The van der Waals surface area contributed by atoms with Crippen molar-refractivity contribution in [2.75, 3.05) is 0 Å². The van der Waals surface area contributed by atoms with E-state index in [4.69, 9.17) is 0 Å². The standard InChI is InChI=1S/C13H9BrFNO/c14-11-5-9(6-12(15)8-11)7-13(17)10-1-3-16-4-2-10/h1-6,8H,7H2. The highest BCUT2D eigenvalue weighted by atomic mass is 79.9. The Labute approximate surface area is 107 Å². The monoisotopic (exact) mass is 293 g/mol. The highest BCUT2D eigenvalue weighted by Gasteiger charge is 2.08. The van der Waals surface area contributed by atoms with Crippen molar-refractivity contribution in [3.8, 4) is 0 Å². The van der Waals surface area contributed by atoms with Crippen LogP contribution in [0.25, 0.3) is 0 Å². The molecule has 0 aliphatic rings. The number of rotatable bonds is 3. The molecule has 17 heavy (non-hydrogen) atoms. The molecule has 0 spiro atoms. The summed E-state index contributed by atoms with van der Waals surface area (Å²) in [5.41, 5.74) is 1.24. The number of benzene rings is 1. The maximum absolute atomic E-state index is 13.1. The number of ketones is 1. The Morgan fingerprint density at radius 3 is 2.59 bits per heavy atom. The van der Waals surface area contributed by atoms with E-state index in [-0.39, 0.29) is 18.0 Å². The van der Waals surface area contributed by atoms with Gasteiger partial charge in [0.2, 0.25) is 0 Å². The van der Waals surface area contributed by atoms with Gasteiger partial charge in [-0.2, -0.15) is 0 Å². The molecule has 0 aliphatic heterocycles. The van der Waals surface area contributed by atoms with Gasteiger partial charge in [-0.1, -0.05) is 15.9 Å². The maximum atomic E-state index is 13.1. The Hall–Kier alpha value is -1.55. The predicted molar refractivity (Wildman–Crippen MR) is 66.4 cm³/mol. The SMILES string of the molecule is O=C(Cc1cc(F)cc(Br)c1)c1ccncc1. The number of hydrogen-bond donors (Lipinski definition) is 0. The number of carbonyl (C=O) groups is 1. The number of Topliss-reactive ketones (excluding diaryl/α,β-unsaturated/α-hetero) is 1. The lowest BCUT2D eigenvalue weighted by atomic mass is 10.0. The molecule has 4 heteroatoms. The fraction of sp³-hybridized carbons (Fsp3) is 0.0769. The highest BCUT2D eigenvalue weighted by Crippen LogP contribution is 2.16. The quantitative estimate of drug-likeness (QED) is 0.812. The summed E-state index contributed by atoms with van der Waals surface area (Å²) in [7, 11) is 0. The molecule has 86 valence electrons. The smallest absolute Gasteiger partial charge is 0.167 e. The van der Waals surface area contributed by atoms with Gasteiger partial charge in [0.05, 0.1) is 0 Å². The average Bonchev–Trinajstić information content (AvgIpc) is 2.28. The van der Waals surface area contributed by atoms with Crippen molar-refractivity contribution in [3.63, 3.8) is 0 Å². The van der Waals surface area contributed by atoms with E-state index in [1.807, 2.05) is 0 Å². The fourth-order valence-corrected chi connectivity index (χ4v) is 2.05. The topological polar surface area (TPSA) is 30.0 Å². The average molecular weight is 294 g/mol. The van der Waals surface area contributed by atoms with E-state index in [9.17, 15) is 9.18 Å². The Morgan fingerprint density at radius 2 is 1.94 bits per heavy atom. The first-order valence-corrected chi connectivity index (χ1v) is 5.82. The molecule has 0 unspecified atom stereocenters. The van der Waals surface area contributed by atoms with Crippen LogP contribution in [-0.4, -0.2) is 10.8 Å². The van der Waals surface area contributed by atoms with Gasteiger partial charge in [-0.15, -0.1) is 0 Å². The van der Waals surface area contributed by atoms with Crippen LogP contribution in [0.5, 0.6) is 0 Å². The first-order chi connectivity index (χ1) is 8.15. The molecule has 0 fully saturated rings. The molecule has 2 nitrogen and oxygen atoms in total. The van der Waals surface area contributed by atoms with Crippen LogP contribution >= 0.6 is 15.9 Å². The van der Waals surface area contributed by atoms with Crippen LogP contribution in [0.3, 0.4) is 0 Å². The molecule has 0 radical (unpaired) electrons. The van der Waals surface area contributed by atoms with Crippen LogP contribution in [0.1, 0.15) is 15.9 Å². The van der Waals surface area contributed by atoms with Gasteiger partial charge >= 0.3 is 0 Å². The zero-order valence-corrected chi connectivity index (χ0v) is 10.4. The number of halogens is 2. The molecule has 0 amide bonds. The first-order valence-electron chi connectivity index (χ1n) is 5.03. The molecule has 1 aromatic carbocycles.